The van der Waals surface area contributed by atoms with Gasteiger partial charge in [-0.1, -0.05) is 6.07 Å². The Morgan fingerprint density at radius 3 is 3.14 bits per heavy atom. The summed E-state index contributed by atoms with van der Waals surface area (Å²) in [6.45, 7) is 4.66. The van der Waals surface area contributed by atoms with Gasteiger partial charge in [0.15, 0.2) is 0 Å². The fourth-order valence-electron chi connectivity index (χ4n) is 3.14. The number of pyridine rings is 1. The van der Waals surface area contributed by atoms with E-state index in [9.17, 15) is 4.79 Å². The molecule has 1 amide bonds. The van der Waals surface area contributed by atoms with E-state index in [0.29, 0.717) is 19.2 Å². The number of amides is 1. The zero-order chi connectivity index (χ0) is 14.7. The molecule has 114 valence electrons. The maximum Gasteiger partial charge on any atom is 0.233 e. The minimum Gasteiger partial charge on any atom is -0.374 e. The first-order valence-electron chi connectivity index (χ1n) is 7.45. The van der Waals surface area contributed by atoms with E-state index in [1.54, 1.807) is 7.05 Å². The molecule has 3 heterocycles. The van der Waals surface area contributed by atoms with E-state index >= 15 is 0 Å². The molecule has 3 rings (SSSR count). The Bertz CT molecular complexity index is 482. The van der Waals surface area contributed by atoms with Gasteiger partial charge in [0.25, 0.3) is 0 Å². The highest BCUT2D eigenvalue weighted by Crippen LogP contribution is 2.23. The van der Waals surface area contributed by atoms with Crippen molar-refractivity contribution in [1.82, 2.24) is 20.1 Å². The van der Waals surface area contributed by atoms with Crippen LogP contribution >= 0.6 is 0 Å². The van der Waals surface area contributed by atoms with Gasteiger partial charge in [0.05, 0.1) is 31.0 Å². The fourth-order valence-corrected chi connectivity index (χ4v) is 3.14. The summed E-state index contributed by atoms with van der Waals surface area (Å²) in [5.41, 5.74) is 1.08. The number of likely N-dealkylation sites (N-methyl/N-ethyl adjacent to an activating group) is 1. The fraction of sp³-hybridized carbons (Fsp3) is 0.600. The Labute approximate surface area is 125 Å². The van der Waals surface area contributed by atoms with Crippen LogP contribution < -0.4 is 5.32 Å². The molecule has 1 N–H and O–H groups in total. The van der Waals surface area contributed by atoms with E-state index in [2.05, 4.69) is 20.1 Å². The Morgan fingerprint density at radius 2 is 2.38 bits per heavy atom. The van der Waals surface area contributed by atoms with Gasteiger partial charge in [-0.05, 0) is 12.1 Å². The van der Waals surface area contributed by atoms with Crippen molar-refractivity contribution < 1.29 is 9.53 Å². The minimum atomic E-state index is 0.0684. The number of carbonyl (C=O) groups is 1. The molecule has 2 saturated heterocycles. The molecule has 0 radical (unpaired) electrons. The van der Waals surface area contributed by atoms with E-state index in [1.165, 1.54) is 0 Å². The molecule has 1 aromatic rings. The summed E-state index contributed by atoms with van der Waals surface area (Å²) in [7, 11) is 1.68. The lowest BCUT2D eigenvalue weighted by Gasteiger charge is -2.36. The van der Waals surface area contributed by atoms with Crippen molar-refractivity contribution in [3.63, 3.8) is 0 Å². The number of hydrogen-bond acceptors (Lipinski definition) is 5. The predicted molar refractivity (Wildman–Crippen MR) is 78.7 cm³/mol. The molecule has 6 heteroatoms. The molecule has 0 spiro atoms. The number of aromatic nitrogens is 1. The van der Waals surface area contributed by atoms with Crippen molar-refractivity contribution in [3.05, 3.63) is 30.1 Å². The van der Waals surface area contributed by atoms with Gasteiger partial charge in [-0.3, -0.25) is 19.6 Å². The van der Waals surface area contributed by atoms with Gasteiger partial charge in [0, 0.05) is 39.4 Å². The van der Waals surface area contributed by atoms with Crippen molar-refractivity contribution >= 4 is 5.91 Å². The summed E-state index contributed by atoms with van der Waals surface area (Å²) in [4.78, 5) is 20.6. The van der Waals surface area contributed by atoms with Gasteiger partial charge >= 0.3 is 0 Å². The maximum absolute atomic E-state index is 11.6. The third-order valence-electron chi connectivity index (χ3n) is 4.23. The highest BCUT2D eigenvalue weighted by Gasteiger charge is 2.40. The summed E-state index contributed by atoms with van der Waals surface area (Å²) in [5, 5.41) is 2.70. The van der Waals surface area contributed by atoms with E-state index < -0.39 is 0 Å². The lowest BCUT2D eigenvalue weighted by Crippen LogP contribution is -2.53. The van der Waals surface area contributed by atoms with Crippen molar-refractivity contribution in [2.75, 3.05) is 39.8 Å². The van der Waals surface area contributed by atoms with Gasteiger partial charge in [-0.2, -0.15) is 0 Å². The predicted octanol–water partition coefficient (Wildman–Crippen LogP) is -0.287. The number of rotatable bonds is 4. The Hall–Kier alpha value is -1.50. The molecule has 21 heavy (non-hydrogen) atoms. The summed E-state index contributed by atoms with van der Waals surface area (Å²) in [6, 6.07) is 6.30. The zero-order valence-electron chi connectivity index (χ0n) is 12.4. The number of morpholine rings is 1. The Kier molecular flexibility index (Phi) is 4.48. The molecular formula is C15H22N4O2. The van der Waals surface area contributed by atoms with Crippen molar-refractivity contribution in [2.24, 2.45) is 0 Å². The second-order valence-corrected chi connectivity index (χ2v) is 5.64. The lowest BCUT2D eigenvalue weighted by molar-refractivity contribution is -0.125. The number of likely N-dealkylation sites (tertiary alicyclic amines) is 1. The van der Waals surface area contributed by atoms with Gasteiger partial charge in [0.2, 0.25) is 5.91 Å². The van der Waals surface area contributed by atoms with E-state index in [-0.39, 0.29) is 12.0 Å². The highest BCUT2D eigenvalue weighted by molar-refractivity contribution is 5.77. The number of fused-ring (bicyclic) bond motifs is 1. The average molecular weight is 290 g/mol. The zero-order valence-corrected chi connectivity index (χ0v) is 12.4. The van der Waals surface area contributed by atoms with Gasteiger partial charge in [0.1, 0.15) is 0 Å². The quantitative estimate of drug-likeness (QED) is 0.826. The topological polar surface area (TPSA) is 57.7 Å². The largest absolute Gasteiger partial charge is 0.374 e. The SMILES string of the molecule is CNC(=O)CN1CCO[C@@H]2CN(Cc3ccccn3)C[C@@H]21. The van der Waals surface area contributed by atoms with Crippen LogP contribution in [0.3, 0.4) is 0 Å². The number of carbonyl (C=O) groups excluding carboxylic acids is 1. The number of ether oxygens (including phenoxy) is 1. The standard InChI is InChI=1S/C15H22N4O2/c1-16-15(20)11-19-6-7-21-14-10-18(9-13(14)19)8-12-4-2-3-5-17-12/h2-5,13-14H,6-11H2,1H3,(H,16,20)/t13-,14+/m0/s1. The summed E-state index contributed by atoms with van der Waals surface area (Å²) in [6.07, 6.45) is 2.03. The molecule has 0 aliphatic carbocycles. The maximum atomic E-state index is 11.6. The van der Waals surface area contributed by atoms with Crippen LogP contribution in [0.5, 0.6) is 0 Å². The van der Waals surface area contributed by atoms with Crippen LogP contribution in [-0.2, 0) is 16.1 Å². The van der Waals surface area contributed by atoms with Gasteiger partial charge < -0.3 is 10.1 Å². The molecule has 2 aliphatic heterocycles. The van der Waals surface area contributed by atoms with E-state index in [1.807, 2.05) is 24.4 Å². The molecule has 2 aliphatic rings. The third kappa shape index (κ3) is 3.40. The molecule has 1 aromatic heterocycles. The molecule has 0 saturated carbocycles. The first-order chi connectivity index (χ1) is 10.3. The molecule has 0 aromatic carbocycles. The van der Waals surface area contributed by atoms with Crippen LogP contribution in [0.25, 0.3) is 0 Å². The van der Waals surface area contributed by atoms with Crippen molar-refractivity contribution in [3.8, 4) is 0 Å². The van der Waals surface area contributed by atoms with Crippen molar-refractivity contribution in [2.45, 2.75) is 18.7 Å². The summed E-state index contributed by atoms with van der Waals surface area (Å²) < 4.78 is 5.88. The molecule has 2 atom stereocenters. The first kappa shape index (κ1) is 14.4. The van der Waals surface area contributed by atoms with Crippen LogP contribution in [0.2, 0.25) is 0 Å². The minimum absolute atomic E-state index is 0.0684. The number of nitrogens with one attached hydrogen (secondary N) is 1. The van der Waals surface area contributed by atoms with Crippen LogP contribution in [0.15, 0.2) is 24.4 Å². The number of hydrogen-bond donors (Lipinski definition) is 1. The Morgan fingerprint density at radius 1 is 1.48 bits per heavy atom. The van der Waals surface area contributed by atoms with Crippen LogP contribution in [0.4, 0.5) is 0 Å². The molecule has 0 unspecified atom stereocenters. The summed E-state index contributed by atoms with van der Waals surface area (Å²) >= 11 is 0. The molecule has 6 nitrogen and oxygen atoms in total. The van der Waals surface area contributed by atoms with Gasteiger partial charge in [-0.15, -0.1) is 0 Å². The Balaban J connectivity index is 1.61. The monoisotopic (exact) mass is 290 g/mol. The summed E-state index contributed by atoms with van der Waals surface area (Å²) in [5.74, 6) is 0.0684. The normalized spacial score (nSPS) is 26.5. The molecule has 2 fully saturated rings. The van der Waals surface area contributed by atoms with E-state index in [0.717, 1.165) is 31.9 Å². The number of nitrogens with zero attached hydrogens (tertiary/aromatic N) is 3. The lowest BCUT2D eigenvalue weighted by atomic mass is 10.1. The van der Waals surface area contributed by atoms with Gasteiger partial charge in [-0.25, -0.2) is 0 Å². The first-order valence-corrected chi connectivity index (χ1v) is 7.45. The van der Waals surface area contributed by atoms with E-state index in [4.69, 9.17) is 4.74 Å². The smallest absolute Gasteiger partial charge is 0.233 e. The van der Waals surface area contributed by atoms with Crippen LogP contribution in [0, 0.1) is 0 Å². The molecule has 0 bridgehead atoms. The molecular weight excluding hydrogens is 268 g/mol. The second kappa shape index (κ2) is 6.51. The average Bonchev–Trinajstić information content (AvgIpc) is 2.91. The van der Waals surface area contributed by atoms with Crippen LogP contribution in [0.1, 0.15) is 5.69 Å². The third-order valence-corrected chi connectivity index (χ3v) is 4.23. The second-order valence-electron chi connectivity index (χ2n) is 5.64. The van der Waals surface area contributed by atoms with Crippen molar-refractivity contribution in [1.29, 1.82) is 0 Å². The highest BCUT2D eigenvalue weighted by atomic mass is 16.5. The van der Waals surface area contributed by atoms with Crippen LogP contribution in [-0.4, -0.2) is 72.7 Å².